The van der Waals surface area contributed by atoms with Crippen molar-refractivity contribution in [3.8, 4) is 34.1 Å². The molecule has 0 aliphatic carbocycles. The van der Waals surface area contributed by atoms with E-state index >= 15 is 0 Å². The number of hydrogen-bond donors (Lipinski definition) is 0. The zero-order chi connectivity index (χ0) is 41.1. The average Bonchev–Trinajstić information content (AvgIpc) is 3.10. The summed E-state index contributed by atoms with van der Waals surface area (Å²) >= 11 is 0. The van der Waals surface area contributed by atoms with Gasteiger partial charge in [0.1, 0.15) is 24.7 Å². The lowest BCUT2D eigenvalue weighted by Gasteiger charge is -2.34. The number of hydrogen-bond acceptors (Lipinski definition) is 6. The Morgan fingerprint density at radius 1 is 0.500 bits per heavy atom. The van der Waals surface area contributed by atoms with Crippen molar-refractivity contribution in [2.75, 3.05) is 64.4 Å². The molecule has 6 nitrogen and oxygen atoms in total. The maximum Gasteiger partial charge on any atom is 0.151 e. The minimum Gasteiger partial charge on any atom is -0.496 e. The number of ether oxygens (including phenoxy) is 4. The molecule has 2 unspecified atom stereocenters. The number of rotatable bonds is 7. The summed E-state index contributed by atoms with van der Waals surface area (Å²) < 4.78 is 25.9. The summed E-state index contributed by atoms with van der Waals surface area (Å²) in [6.07, 6.45) is 0. The van der Waals surface area contributed by atoms with Crippen LogP contribution in [0.4, 0.5) is 11.4 Å². The van der Waals surface area contributed by atoms with Crippen molar-refractivity contribution in [2.45, 2.75) is 105 Å². The summed E-state index contributed by atoms with van der Waals surface area (Å²) in [5.74, 6) is 3.88. The molecular formula is C48H66N2O4P2. The van der Waals surface area contributed by atoms with Gasteiger partial charge < -0.3 is 28.7 Å². The highest BCUT2D eigenvalue weighted by Crippen LogP contribution is 2.49. The van der Waals surface area contributed by atoms with E-state index in [0.29, 0.717) is 30.4 Å². The smallest absolute Gasteiger partial charge is 0.151 e. The molecule has 4 aromatic rings. The molecule has 0 amide bonds. The summed E-state index contributed by atoms with van der Waals surface area (Å²) in [5, 5.41) is 5.08. The van der Waals surface area contributed by atoms with Gasteiger partial charge in [0.25, 0.3) is 0 Å². The van der Waals surface area contributed by atoms with E-state index in [1.807, 2.05) is 14.2 Å². The molecule has 302 valence electrons. The molecule has 0 aromatic heterocycles. The monoisotopic (exact) mass is 796 g/mol. The molecule has 0 fully saturated rings. The van der Waals surface area contributed by atoms with Gasteiger partial charge in [-0.1, -0.05) is 112 Å². The van der Waals surface area contributed by atoms with Crippen molar-refractivity contribution in [3.05, 3.63) is 70.8 Å². The van der Waals surface area contributed by atoms with E-state index in [0.717, 1.165) is 58.6 Å². The lowest BCUT2D eigenvalue weighted by atomic mass is 9.79. The van der Waals surface area contributed by atoms with Crippen LogP contribution in [0.3, 0.4) is 0 Å². The number of methoxy groups -OCH3 is 2. The van der Waals surface area contributed by atoms with Gasteiger partial charge >= 0.3 is 0 Å². The molecule has 2 aliphatic rings. The Hall–Kier alpha value is -3.46. The van der Waals surface area contributed by atoms with Crippen LogP contribution in [0.1, 0.15) is 105 Å². The van der Waals surface area contributed by atoms with E-state index in [1.54, 1.807) is 0 Å². The average molecular weight is 797 g/mol. The molecule has 0 spiro atoms. The zero-order valence-corrected chi connectivity index (χ0v) is 39.0. The van der Waals surface area contributed by atoms with Crippen LogP contribution in [0, 0.1) is 0 Å². The van der Waals surface area contributed by atoms with Crippen LogP contribution in [0.15, 0.2) is 48.5 Å². The van der Waals surface area contributed by atoms with Gasteiger partial charge in [-0.15, -0.1) is 0 Å². The number of likely N-dealkylation sites (N-methyl/N-ethyl adjacent to an activating group) is 2. The fraction of sp³-hybridized carbons (Fsp3) is 0.500. The number of nitrogens with zero attached hydrogens (tertiary/aromatic N) is 2. The second-order valence-electron chi connectivity index (χ2n) is 19.7. The van der Waals surface area contributed by atoms with Gasteiger partial charge in [0.15, 0.2) is 11.5 Å². The van der Waals surface area contributed by atoms with Gasteiger partial charge in [0.2, 0.25) is 0 Å². The van der Waals surface area contributed by atoms with Crippen molar-refractivity contribution in [3.63, 3.8) is 0 Å². The van der Waals surface area contributed by atoms with Gasteiger partial charge in [-0.05, 0) is 79.3 Å². The lowest BCUT2D eigenvalue weighted by molar-refractivity contribution is 0.308. The quantitative estimate of drug-likeness (QED) is 0.174. The maximum absolute atomic E-state index is 6.79. The summed E-state index contributed by atoms with van der Waals surface area (Å²) in [4.78, 5) is 4.66. The molecule has 0 saturated heterocycles. The highest BCUT2D eigenvalue weighted by Gasteiger charge is 2.33. The minimum atomic E-state index is -0.0995. The fourth-order valence-corrected chi connectivity index (χ4v) is 10.5. The molecule has 2 aliphatic heterocycles. The third-order valence-corrected chi connectivity index (χ3v) is 13.6. The molecule has 0 radical (unpaired) electrons. The van der Waals surface area contributed by atoms with Crippen LogP contribution in [0.5, 0.6) is 23.0 Å². The molecule has 2 heterocycles. The van der Waals surface area contributed by atoms with E-state index in [9.17, 15) is 0 Å². The fourth-order valence-electron chi connectivity index (χ4n) is 7.93. The van der Waals surface area contributed by atoms with Crippen LogP contribution in [-0.2, 0) is 21.7 Å². The molecule has 0 bridgehead atoms. The summed E-state index contributed by atoms with van der Waals surface area (Å²) in [7, 11) is 8.73. The molecule has 56 heavy (non-hydrogen) atoms. The largest absolute Gasteiger partial charge is 0.496 e. The van der Waals surface area contributed by atoms with Crippen molar-refractivity contribution >= 4 is 49.8 Å². The summed E-state index contributed by atoms with van der Waals surface area (Å²) in [6, 6.07) is 18.8. The summed E-state index contributed by atoms with van der Waals surface area (Å²) in [5.41, 5.74) is 9.07. The van der Waals surface area contributed by atoms with Crippen molar-refractivity contribution in [1.82, 2.24) is 0 Å². The Balaban J connectivity index is 1.65. The number of fused-ring (bicyclic) bond motifs is 2. The Kier molecular flexibility index (Phi) is 11.6. The number of anilines is 2. The third kappa shape index (κ3) is 8.26. The van der Waals surface area contributed by atoms with Crippen molar-refractivity contribution in [2.24, 2.45) is 0 Å². The topological polar surface area (TPSA) is 43.4 Å². The van der Waals surface area contributed by atoms with Crippen molar-refractivity contribution in [1.29, 1.82) is 0 Å². The second kappa shape index (κ2) is 15.4. The Bertz CT molecular complexity index is 1890. The van der Waals surface area contributed by atoms with Gasteiger partial charge in [0.05, 0.1) is 38.7 Å². The third-order valence-electron chi connectivity index (χ3n) is 11.1. The Morgan fingerprint density at radius 3 is 1.07 bits per heavy atom. The number of benzene rings is 4. The first-order chi connectivity index (χ1) is 26.0. The van der Waals surface area contributed by atoms with E-state index in [1.165, 1.54) is 43.5 Å². The molecule has 0 saturated carbocycles. The first-order valence-electron chi connectivity index (χ1n) is 20.1. The normalized spacial score (nSPS) is 15.3. The molecule has 2 atom stereocenters. The van der Waals surface area contributed by atoms with E-state index in [2.05, 4.69) is 156 Å². The molecule has 8 heteroatoms. The first kappa shape index (κ1) is 42.2. The van der Waals surface area contributed by atoms with Crippen LogP contribution in [0.2, 0.25) is 0 Å². The van der Waals surface area contributed by atoms with Gasteiger partial charge in [-0.2, -0.15) is 0 Å². The molecule has 4 aromatic carbocycles. The summed E-state index contributed by atoms with van der Waals surface area (Å²) in [6.45, 7) is 30.3. The SMILES string of the molecule is COc1c(C(C)(C)C)cc(Pc2ccc3c(c2-c2c(Pc4cc(C(C)(C)C)c(OC)c(C(C)(C)C)c4)ccc4c2OCCN4C)OCCN3C)cc1C(C)(C)C. The Labute approximate surface area is 341 Å². The lowest BCUT2D eigenvalue weighted by Crippen LogP contribution is -2.32. The van der Waals surface area contributed by atoms with Crippen LogP contribution >= 0.6 is 17.2 Å². The second-order valence-corrected chi connectivity index (χ2v) is 22.4. The van der Waals surface area contributed by atoms with Crippen LogP contribution in [-0.4, -0.2) is 54.6 Å². The Morgan fingerprint density at radius 2 is 0.804 bits per heavy atom. The minimum absolute atomic E-state index is 0.0995. The first-order valence-corrected chi connectivity index (χ1v) is 22.1. The maximum atomic E-state index is 6.79. The van der Waals surface area contributed by atoms with E-state index < -0.39 is 0 Å². The van der Waals surface area contributed by atoms with E-state index in [-0.39, 0.29) is 21.7 Å². The zero-order valence-electron chi connectivity index (χ0n) is 37.0. The molecule has 0 N–H and O–H groups in total. The highest BCUT2D eigenvalue weighted by atomic mass is 31.1. The van der Waals surface area contributed by atoms with Crippen molar-refractivity contribution < 1.29 is 18.9 Å². The van der Waals surface area contributed by atoms with Gasteiger partial charge in [-0.3, -0.25) is 0 Å². The predicted octanol–water partition coefficient (Wildman–Crippen LogP) is 9.48. The van der Waals surface area contributed by atoms with E-state index in [4.69, 9.17) is 18.9 Å². The van der Waals surface area contributed by atoms with Crippen LogP contribution in [0.25, 0.3) is 11.1 Å². The molecular weight excluding hydrogens is 730 g/mol. The predicted molar refractivity (Wildman–Crippen MR) is 245 cm³/mol. The van der Waals surface area contributed by atoms with Gasteiger partial charge in [0, 0.05) is 47.5 Å². The van der Waals surface area contributed by atoms with Gasteiger partial charge in [-0.25, -0.2) is 0 Å². The molecule has 6 rings (SSSR count). The standard InChI is InChI=1S/C48H66N2O4P2/c1-45(2,3)31-25-29(26-32(41(31)51-15)46(4,5)6)55-37-19-17-35-43(53-23-21-49(35)13)39(37)40-38(20-18-36-44(40)54-24-22-50(36)14)56-30-27-33(47(7,8)9)42(52-16)34(28-30)48(10,11)12/h17-20,25-28,55-56H,21-24H2,1-16H3. The highest BCUT2D eigenvalue weighted by molar-refractivity contribution is 7.56. The van der Waals surface area contributed by atoms with Crippen LogP contribution < -0.4 is 50.0 Å².